The fourth-order valence-corrected chi connectivity index (χ4v) is 3.19. The van der Waals surface area contributed by atoms with Crippen LogP contribution < -0.4 is 10.6 Å². The van der Waals surface area contributed by atoms with Gasteiger partial charge in [-0.15, -0.1) is 0 Å². The number of nitrogens with zero attached hydrogens (tertiary/aromatic N) is 1. The second-order valence-electron chi connectivity index (χ2n) is 4.90. The summed E-state index contributed by atoms with van der Waals surface area (Å²) in [7, 11) is 0. The summed E-state index contributed by atoms with van der Waals surface area (Å²) >= 11 is 1.99. The van der Waals surface area contributed by atoms with E-state index in [1.165, 1.54) is 12.2 Å². The van der Waals surface area contributed by atoms with Gasteiger partial charge in [0.1, 0.15) is 5.82 Å². The molecular formula is C14H21FN2S. The van der Waals surface area contributed by atoms with Crippen molar-refractivity contribution in [2.45, 2.75) is 26.3 Å². The van der Waals surface area contributed by atoms with Gasteiger partial charge in [0, 0.05) is 30.6 Å². The van der Waals surface area contributed by atoms with Crippen molar-refractivity contribution in [2.24, 2.45) is 5.73 Å². The second kappa shape index (κ2) is 5.93. The van der Waals surface area contributed by atoms with Gasteiger partial charge in [-0.1, -0.05) is 0 Å². The van der Waals surface area contributed by atoms with Crippen molar-refractivity contribution in [3.63, 3.8) is 0 Å². The Hall–Kier alpha value is -0.740. The average molecular weight is 268 g/mol. The maximum Gasteiger partial charge on any atom is 0.126 e. The number of nitrogens with two attached hydrogens (primary N) is 1. The number of aryl methyl sites for hydroxylation is 1. The predicted octanol–water partition coefficient (Wildman–Crippen LogP) is 3.10. The minimum Gasteiger partial charge on any atom is -0.370 e. The lowest BCUT2D eigenvalue weighted by Gasteiger charge is -2.27. The smallest absolute Gasteiger partial charge is 0.126 e. The lowest BCUT2D eigenvalue weighted by Crippen LogP contribution is -2.28. The third-order valence-electron chi connectivity index (χ3n) is 3.36. The Morgan fingerprint density at radius 2 is 2.11 bits per heavy atom. The van der Waals surface area contributed by atoms with Crippen LogP contribution in [0.15, 0.2) is 12.1 Å². The van der Waals surface area contributed by atoms with Crippen LogP contribution in [0.5, 0.6) is 0 Å². The van der Waals surface area contributed by atoms with Gasteiger partial charge in [0.15, 0.2) is 0 Å². The molecule has 1 aliphatic rings. The molecule has 2 nitrogen and oxygen atoms in total. The number of benzene rings is 1. The first-order chi connectivity index (χ1) is 8.59. The topological polar surface area (TPSA) is 29.3 Å². The van der Waals surface area contributed by atoms with Gasteiger partial charge in [-0.2, -0.15) is 11.8 Å². The van der Waals surface area contributed by atoms with Crippen LogP contribution in [0.3, 0.4) is 0 Å². The molecule has 0 bridgehead atoms. The minimum atomic E-state index is -0.157. The molecule has 1 saturated heterocycles. The Morgan fingerprint density at radius 3 is 2.83 bits per heavy atom. The summed E-state index contributed by atoms with van der Waals surface area (Å²) in [5.74, 6) is 2.19. The highest BCUT2D eigenvalue weighted by molar-refractivity contribution is 7.99. The van der Waals surface area contributed by atoms with Crippen LogP contribution in [0.1, 0.15) is 30.5 Å². The Labute approximate surface area is 113 Å². The van der Waals surface area contributed by atoms with Crippen molar-refractivity contribution in [3.05, 3.63) is 29.1 Å². The standard InChI is InChI=1S/C14H21FN2S/c1-10-8-14(12(11(2)16)9-13(10)15)17-4-3-6-18-7-5-17/h8-9,11H,3-7,16H2,1-2H3/t11-/m1/s1. The molecule has 0 saturated carbocycles. The number of rotatable bonds is 2. The molecule has 100 valence electrons. The van der Waals surface area contributed by atoms with Gasteiger partial charge in [-0.05, 0) is 49.3 Å². The van der Waals surface area contributed by atoms with Gasteiger partial charge in [-0.3, -0.25) is 0 Å². The zero-order valence-electron chi connectivity index (χ0n) is 11.1. The number of thioether (sulfide) groups is 1. The Balaban J connectivity index is 2.37. The van der Waals surface area contributed by atoms with Gasteiger partial charge in [0.05, 0.1) is 0 Å². The quantitative estimate of drug-likeness (QED) is 0.893. The first-order valence-corrected chi connectivity index (χ1v) is 7.63. The summed E-state index contributed by atoms with van der Waals surface area (Å²) in [5, 5.41) is 0. The van der Waals surface area contributed by atoms with Crippen LogP contribution in [0, 0.1) is 12.7 Å². The predicted molar refractivity (Wildman–Crippen MR) is 77.9 cm³/mol. The van der Waals surface area contributed by atoms with E-state index in [0.29, 0.717) is 5.56 Å². The van der Waals surface area contributed by atoms with E-state index in [2.05, 4.69) is 4.90 Å². The largest absolute Gasteiger partial charge is 0.370 e. The summed E-state index contributed by atoms with van der Waals surface area (Å²) in [6, 6.07) is 3.42. The van der Waals surface area contributed by atoms with Crippen molar-refractivity contribution in [1.82, 2.24) is 0 Å². The van der Waals surface area contributed by atoms with Gasteiger partial charge in [-0.25, -0.2) is 4.39 Å². The Kier molecular flexibility index (Phi) is 4.51. The number of anilines is 1. The maximum absolute atomic E-state index is 13.7. The van der Waals surface area contributed by atoms with E-state index in [1.54, 1.807) is 6.07 Å². The molecule has 1 heterocycles. The maximum atomic E-state index is 13.7. The molecule has 0 amide bonds. The van der Waals surface area contributed by atoms with E-state index in [-0.39, 0.29) is 11.9 Å². The first kappa shape index (κ1) is 13.7. The molecule has 1 aliphatic heterocycles. The minimum absolute atomic E-state index is 0.133. The molecule has 1 aromatic rings. The number of halogens is 1. The summed E-state index contributed by atoms with van der Waals surface area (Å²) in [4.78, 5) is 2.35. The number of hydrogen-bond donors (Lipinski definition) is 1. The molecule has 0 radical (unpaired) electrons. The van der Waals surface area contributed by atoms with E-state index >= 15 is 0 Å². The lowest BCUT2D eigenvalue weighted by molar-refractivity contribution is 0.612. The molecule has 1 fully saturated rings. The first-order valence-electron chi connectivity index (χ1n) is 6.48. The van der Waals surface area contributed by atoms with Crippen LogP contribution >= 0.6 is 11.8 Å². The van der Waals surface area contributed by atoms with Gasteiger partial charge in [0.25, 0.3) is 0 Å². The summed E-state index contributed by atoms with van der Waals surface area (Å²) in [6.07, 6.45) is 1.18. The highest BCUT2D eigenvalue weighted by Crippen LogP contribution is 2.29. The van der Waals surface area contributed by atoms with Gasteiger partial charge >= 0.3 is 0 Å². The molecule has 1 atom stereocenters. The fraction of sp³-hybridized carbons (Fsp3) is 0.571. The second-order valence-corrected chi connectivity index (χ2v) is 6.13. The van der Waals surface area contributed by atoms with Crippen LogP contribution in [-0.4, -0.2) is 24.6 Å². The molecule has 0 unspecified atom stereocenters. The van der Waals surface area contributed by atoms with Crippen LogP contribution in [0.4, 0.5) is 10.1 Å². The van der Waals surface area contributed by atoms with E-state index in [4.69, 9.17) is 5.73 Å². The highest BCUT2D eigenvalue weighted by Gasteiger charge is 2.17. The van der Waals surface area contributed by atoms with E-state index in [0.717, 1.165) is 30.1 Å². The highest BCUT2D eigenvalue weighted by atomic mass is 32.2. The third kappa shape index (κ3) is 2.98. The summed E-state index contributed by atoms with van der Waals surface area (Å²) < 4.78 is 13.7. The molecule has 2 N–H and O–H groups in total. The van der Waals surface area contributed by atoms with E-state index < -0.39 is 0 Å². The average Bonchev–Trinajstić information content (AvgIpc) is 2.60. The lowest BCUT2D eigenvalue weighted by atomic mass is 10.0. The van der Waals surface area contributed by atoms with Crippen molar-refractivity contribution in [2.75, 3.05) is 29.5 Å². The Morgan fingerprint density at radius 1 is 1.33 bits per heavy atom. The molecule has 2 rings (SSSR count). The van der Waals surface area contributed by atoms with Crippen LogP contribution in [0.2, 0.25) is 0 Å². The Bertz CT molecular complexity index is 413. The van der Waals surface area contributed by atoms with Crippen molar-refractivity contribution in [3.8, 4) is 0 Å². The zero-order valence-corrected chi connectivity index (χ0v) is 11.9. The van der Waals surface area contributed by atoms with Crippen molar-refractivity contribution in [1.29, 1.82) is 0 Å². The summed E-state index contributed by atoms with van der Waals surface area (Å²) in [5.41, 5.74) is 8.72. The van der Waals surface area contributed by atoms with E-state index in [9.17, 15) is 4.39 Å². The molecule has 0 aromatic heterocycles. The van der Waals surface area contributed by atoms with E-state index in [1.807, 2.05) is 31.7 Å². The molecule has 18 heavy (non-hydrogen) atoms. The molecule has 0 spiro atoms. The molecule has 4 heteroatoms. The molecule has 1 aromatic carbocycles. The fourth-order valence-electron chi connectivity index (χ4n) is 2.31. The van der Waals surface area contributed by atoms with Crippen molar-refractivity contribution >= 4 is 17.4 Å². The van der Waals surface area contributed by atoms with Crippen LogP contribution in [0.25, 0.3) is 0 Å². The monoisotopic (exact) mass is 268 g/mol. The molecular weight excluding hydrogens is 247 g/mol. The molecule has 0 aliphatic carbocycles. The zero-order chi connectivity index (χ0) is 13.1. The summed E-state index contributed by atoms with van der Waals surface area (Å²) in [6.45, 7) is 5.80. The third-order valence-corrected chi connectivity index (χ3v) is 4.41. The van der Waals surface area contributed by atoms with Crippen LogP contribution in [-0.2, 0) is 0 Å². The van der Waals surface area contributed by atoms with Gasteiger partial charge < -0.3 is 10.6 Å². The number of hydrogen-bond acceptors (Lipinski definition) is 3. The SMILES string of the molecule is Cc1cc(N2CCCSCC2)c([C@@H](C)N)cc1F. The van der Waals surface area contributed by atoms with Gasteiger partial charge in [0.2, 0.25) is 0 Å². The normalized spacial score (nSPS) is 18.6. The van der Waals surface area contributed by atoms with Crippen molar-refractivity contribution < 1.29 is 4.39 Å².